The van der Waals surface area contributed by atoms with E-state index in [-0.39, 0.29) is 18.2 Å². The Kier molecular flexibility index (Phi) is 6.35. The van der Waals surface area contributed by atoms with Crippen molar-refractivity contribution < 1.29 is 9.59 Å². The van der Waals surface area contributed by atoms with E-state index < -0.39 is 0 Å². The molecule has 0 spiro atoms. The van der Waals surface area contributed by atoms with E-state index in [0.29, 0.717) is 24.7 Å². The average Bonchev–Trinajstić information content (AvgIpc) is 2.67. The molecule has 2 aromatic carbocycles. The molecule has 0 radical (unpaired) electrons. The Morgan fingerprint density at radius 1 is 1.04 bits per heavy atom. The van der Waals surface area contributed by atoms with Gasteiger partial charge in [0.25, 0.3) is 0 Å². The minimum absolute atomic E-state index is 0.108. The molecule has 1 saturated heterocycles. The molecule has 1 aliphatic rings. The average molecular weight is 386 g/mol. The number of nitrogens with one attached hydrogen (secondary N) is 1. The molecule has 0 bridgehead atoms. The molecule has 27 heavy (non-hydrogen) atoms. The Morgan fingerprint density at radius 3 is 2.48 bits per heavy atom. The first-order chi connectivity index (χ1) is 13.0. The highest BCUT2D eigenvalue weighted by Crippen LogP contribution is 2.21. The molecular weight excluding hydrogens is 362 g/mol. The molecule has 1 fully saturated rings. The van der Waals surface area contributed by atoms with Crippen LogP contribution in [0.15, 0.2) is 48.5 Å². The zero-order chi connectivity index (χ0) is 19.2. The maximum atomic E-state index is 12.4. The highest BCUT2D eigenvalue weighted by atomic mass is 35.5. The van der Waals surface area contributed by atoms with Gasteiger partial charge >= 0.3 is 0 Å². The smallest absolute Gasteiger partial charge is 0.232 e. The van der Waals surface area contributed by atoms with Crippen molar-refractivity contribution in [2.24, 2.45) is 0 Å². The molecule has 2 amide bonds. The Bertz CT molecular complexity index is 817. The number of anilines is 1. The van der Waals surface area contributed by atoms with Gasteiger partial charge in [-0.1, -0.05) is 41.9 Å². The van der Waals surface area contributed by atoms with Gasteiger partial charge in [-0.25, -0.2) is 0 Å². The first-order valence-electron chi connectivity index (χ1n) is 9.12. The van der Waals surface area contributed by atoms with Gasteiger partial charge in [0, 0.05) is 43.4 Å². The van der Waals surface area contributed by atoms with Gasteiger partial charge < -0.3 is 15.1 Å². The SMILES string of the molecule is Cc1ccccc1CNC(=O)CC(=O)N1CCN(c2cccc(Cl)c2)CC1. The summed E-state index contributed by atoms with van der Waals surface area (Å²) in [5.41, 5.74) is 3.25. The van der Waals surface area contributed by atoms with Crippen LogP contribution in [0.25, 0.3) is 0 Å². The number of piperazine rings is 1. The lowest BCUT2D eigenvalue weighted by molar-refractivity contribution is -0.136. The lowest BCUT2D eigenvalue weighted by atomic mass is 10.1. The molecular formula is C21H24ClN3O2. The third kappa shape index (κ3) is 5.23. The van der Waals surface area contributed by atoms with E-state index in [0.717, 1.165) is 29.9 Å². The summed E-state index contributed by atoms with van der Waals surface area (Å²) in [6.07, 6.45) is -0.108. The van der Waals surface area contributed by atoms with Crippen LogP contribution in [0.2, 0.25) is 5.02 Å². The molecule has 3 rings (SSSR count). The Balaban J connectivity index is 1.45. The maximum Gasteiger partial charge on any atom is 0.232 e. The quantitative estimate of drug-likeness (QED) is 0.805. The minimum Gasteiger partial charge on any atom is -0.368 e. The summed E-state index contributed by atoms with van der Waals surface area (Å²) in [5.74, 6) is -0.358. The van der Waals surface area contributed by atoms with Crippen molar-refractivity contribution in [3.05, 3.63) is 64.7 Å². The number of carbonyl (C=O) groups is 2. The zero-order valence-corrected chi connectivity index (χ0v) is 16.2. The zero-order valence-electron chi connectivity index (χ0n) is 15.5. The molecule has 0 unspecified atom stereocenters. The van der Waals surface area contributed by atoms with Crippen molar-refractivity contribution in [3.8, 4) is 0 Å². The van der Waals surface area contributed by atoms with Crippen LogP contribution in [0.5, 0.6) is 0 Å². The summed E-state index contributed by atoms with van der Waals surface area (Å²) in [7, 11) is 0. The van der Waals surface area contributed by atoms with E-state index in [1.807, 2.05) is 55.5 Å². The molecule has 142 valence electrons. The van der Waals surface area contributed by atoms with Crippen LogP contribution in [0.1, 0.15) is 17.5 Å². The highest BCUT2D eigenvalue weighted by Gasteiger charge is 2.23. The monoisotopic (exact) mass is 385 g/mol. The number of rotatable bonds is 5. The van der Waals surface area contributed by atoms with Crippen molar-refractivity contribution in [3.63, 3.8) is 0 Å². The molecule has 0 saturated carbocycles. The standard InChI is InChI=1S/C21H24ClN3O2/c1-16-5-2-3-6-17(16)15-23-20(26)14-21(27)25-11-9-24(10-12-25)19-8-4-7-18(22)13-19/h2-8,13H,9-12,14-15H2,1H3,(H,23,26). The third-order valence-electron chi connectivity index (χ3n) is 4.85. The molecule has 1 aliphatic heterocycles. The van der Waals surface area contributed by atoms with Crippen LogP contribution < -0.4 is 10.2 Å². The predicted molar refractivity (Wildman–Crippen MR) is 108 cm³/mol. The lowest BCUT2D eigenvalue weighted by Crippen LogP contribution is -2.49. The lowest BCUT2D eigenvalue weighted by Gasteiger charge is -2.36. The topological polar surface area (TPSA) is 52.7 Å². The second-order valence-electron chi connectivity index (χ2n) is 6.73. The largest absolute Gasteiger partial charge is 0.368 e. The van der Waals surface area contributed by atoms with Crippen LogP contribution in [0, 0.1) is 6.92 Å². The fourth-order valence-electron chi connectivity index (χ4n) is 3.20. The summed E-state index contributed by atoms with van der Waals surface area (Å²) >= 11 is 6.05. The predicted octanol–water partition coefficient (Wildman–Crippen LogP) is 3.00. The first kappa shape index (κ1) is 19.2. The van der Waals surface area contributed by atoms with E-state index in [9.17, 15) is 9.59 Å². The van der Waals surface area contributed by atoms with Crippen LogP contribution in [0.4, 0.5) is 5.69 Å². The summed E-state index contributed by atoms with van der Waals surface area (Å²) in [5, 5.41) is 3.54. The fourth-order valence-corrected chi connectivity index (χ4v) is 3.39. The molecule has 2 aromatic rings. The highest BCUT2D eigenvalue weighted by molar-refractivity contribution is 6.30. The molecule has 0 atom stereocenters. The van der Waals surface area contributed by atoms with E-state index in [1.165, 1.54) is 0 Å². The van der Waals surface area contributed by atoms with Crippen LogP contribution >= 0.6 is 11.6 Å². The third-order valence-corrected chi connectivity index (χ3v) is 5.09. The Morgan fingerprint density at radius 2 is 1.78 bits per heavy atom. The second kappa shape index (κ2) is 8.91. The van der Waals surface area contributed by atoms with Crippen molar-refractivity contribution in [1.82, 2.24) is 10.2 Å². The fraction of sp³-hybridized carbons (Fsp3) is 0.333. The van der Waals surface area contributed by atoms with E-state index in [1.54, 1.807) is 4.90 Å². The number of amides is 2. The summed E-state index contributed by atoms with van der Waals surface area (Å²) in [6, 6.07) is 15.6. The first-order valence-corrected chi connectivity index (χ1v) is 9.50. The Labute approximate surface area is 164 Å². The molecule has 0 aliphatic carbocycles. The number of carbonyl (C=O) groups excluding carboxylic acids is 2. The van der Waals surface area contributed by atoms with Crippen LogP contribution in [0.3, 0.4) is 0 Å². The second-order valence-corrected chi connectivity index (χ2v) is 7.16. The van der Waals surface area contributed by atoms with Gasteiger partial charge in [0.2, 0.25) is 11.8 Å². The van der Waals surface area contributed by atoms with E-state index >= 15 is 0 Å². The van der Waals surface area contributed by atoms with Crippen molar-refractivity contribution in [1.29, 1.82) is 0 Å². The van der Waals surface area contributed by atoms with Gasteiger partial charge in [0.05, 0.1) is 0 Å². The number of nitrogens with zero attached hydrogens (tertiary/aromatic N) is 2. The van der Waals surface area contributed by atoms with Gasteiger partial charge in [-0.3, -0.25) is 9.59 Å². The summed E-state index contributed by atoms with van der Waals surface area (Å²) in [4.78, 5) is 28.5. The number of hydrogen-bond donors (Lipinski definition) is 1. The molecule has 6 heteroatoms. The molecule has 0 aromatic heterocycles. The van der Waals surface area contributed by atoms with Crippen molar-refractivity contribution in [2.45, 2.75) is 19.9 Å². The van der Waals surface area contributed by atoms with Crippen LogP contribution in [-0.2, 0) is 16.1 Å². The minimum atomic E-state index is -0.236. The summed E-state index contributed by atoms with van der Waals surface area (Å²) in [6.45, 7) is 5.13. The van der Waals surface area contributed by atoms with Crippen molar-refractivity contribution >= 4 is 29.1 Å². The van der Waals surface area contributed by atoms with Gasteiger partial charge in [0.15, 0.2) is 0 Å². The van der Waals surface area contributed by atoms with Gasteiger partial charge in [-0.05, 0) is 36.2 Å². The van der Waals surface area contributed by atoms with E-state index in [4.69, 9.17) is 11.6 Å². The number of halogens is 1. The molecule has 1 heterocycles. The number of hydrogen-bond acceptors (Lipinski definition) is 3. The molecule has 1 N–H and O–H groups in total. The molecule has 5 nitrogen and oxygen atoms in total. The normalized spacial score (nSPS) is 14.1. The maximum absolute atomic E-state index is 12.4. The number of aryl methyl sites for hydroxylation is 1. The van der Waals surface area contributed by atoms with Gasteiger partial charge in [-0.2, -0.15) is 0 Å². The van der Waals surface area contributed by atoms with Gasteiger partial charge in [0.1, 0.15) is 6.42 Å². The summed E-state index contributed by atoms with van der Waals surface area (Å²) < 4.78 is 0. The van der Waals surface area contributed by atoms with E-state index in [2.05, 4.69) is 10.2 Å². The van der Waals surface area contributed by atoms with Crippen LogP contribution in [-0.4, -0.2) is 42.9 Å². The number of benzene rings is 2. The van der Waals surface area contributed by atoms with Crippen molar-refractivity contribution in [2.75, 3.05) is 31.1 Å². The van der Waals surface area contributed by atoms with Gasteiger partial charge in [-0.15, -0.1) is 0 Å². The Hall–Kier alpha value is -2.53.